The normalized spacial score (nSPS) is 12.0. The molecule has 0 radical (unpaired) electrons. The molecule has 26 rings (SSSR count). The Labute approximate surface area is 738 Å². The van der Waals surface area contributed by atoms with E-state index in [1.54, 1.807) is 0 Å². The lowest BCUT2D eigenvalue weighted by Crippen LogP contribution is -1.97. The van der Waals surface area contributed by atoms with Crippen molar-refractivity contribution in [2.75, 3.05) is 0 Å². The number of hydrogen-bond donors (Lipinski definition) is 0. The van der Waals surface area contributed by atoms with E-state index in [0.717, 1.165) is 172 Å². The molecule has 0 bridgehead atoms. The highest BCUT2D eigenvalue weighted by molar-refractivity contribution is 7.27. The predicted octanol–water partition coefficient (Wildman–Crippen LogP) is 34.2. The molecule has 0 aliphatic carbocycles. The summed E-state index contributed by atoms with van der Waals surface area (Å²) in [6, 6.07) is 145. The lowest BCUT2D eigenvalue weighted by molar-refractivity contribution is 0.669. The standard InChI is InChI=1S/C116H66N4O2S4/c1-3-20-67(21-4-1)115-117-99(76-26-15-24-69(52-76)70-44-49-104-96(60-70)87-28-7-11-38-103(87)121-104)65-102(120-115)83-58-80(85-33-18-36-94-89-29-8-14-41-108(89)125-113(85)94)57-81(59-83)86-34-19-37-95-92-48-43-74(64-111(92)126-114(86)95)73-42-47-88-93-35-17-32-84(112(93)122-105(88)63-73)75-25-16-27-77(53-75)100-66-101(119-116(118-100)68-22-5-2-6-23-68)82-55-78(71-45-50-109-97(61-71)90-30-9-12-39-106(90)123-109)54-79(56-82)72-46-51-110-98(62-72)91-31-10-13-40-107(91)124-110/h1-66H. The van der Waals surface area contributed by atoms with Crippen LogP contribution in [-0.4, -0.2) is 19.9 Å². The topological polar surface area (TPSA) is 77.8 Å². The Hall–Kier alpha value is -15.4. The van der Waals surface area contributed by atoms with Crippen molar-refractivity contribution in [1.29, 1.82) is 0 Å². The molecule has 0 amide bonds. The molecule has 0 N–H and O–H groups in total. The highest BCUT2D eigenvalue weighted by Crippen LogP contribution is 2.50. The number of rotatable bonds is 13. The third-order valence-corrected chi connectivity index (χ3v) is 29.8. The van der Waals surface area contributed by atoms with Gasteiger partial charge in [0, 0.05) is 141 Å². The van der Waals surface area contributed by atoms with E-state index in [1.165, 1.54) is 86.3 Å². The quantitative estimate of drug-likeness (QED) is 0.114. The molecule has 126 heavy (non-hydrogen) atoms. The fourth-order valence-electron chi connectivity index (χ4n) is 18.9. The number of benzene rings is 18. The Morgan fingerprint density at radius 2 is 0.516 bits per heavy atom. The first-order chi connectivity index (χ1) is 62.3. The van der Waals surface area contributed by atoms with Crippen LogP contribution in [0.25, 0.3) is 270 Å². The number of nitrogens with zero attached hydrogens (tertiary/aromatic N) is 4. The summed E-state index contributed by atoms with van der Waals surface area (Å²) >= 11 is 7.39. The smallest absolute Gasteiger partial charge is 0.160 e. The number of thiophene rings is 4. The molecule has 586 valence electrons. The fraction of sp³-hybridized carbons (Fsp3) is 0. The average Bonchev–Trinajstić information content (AvgIpc) is 1.53. The van der Waals surface area contributed by atoms with Gasteiger partial charge in [0.2, 0.25) is 0 Å². The monoisotopic (exact) mass is 1670 g/mol. The summed E-state index contributed by atoms with van der Waals surface area (Å²) in [5.41, 5.74) is 28.0. The SMILES string of the molecule is c1ccc(-c2nc(-c3cc(-c4ccc5sc6ccccc6c5c4)cc(-c4ccc5sc6ccccc6c5c4)c3)cc(-c3cccc(-c4cccc5c4oc4cc(-c6ccc7c(c6)sc6c(-c8cc(-c9cc(-c%10cccc(-c%11ccc%12oc%13ccccc%13c%12c%11)c%10)nc(-c%10ccccc%10)n9)cc(-c9cccc%10c9sc9ccccc9%10)c8)cccc67)ccc45)c3)n2)cc1. The van der Waals surface area contributed by atoms with Gasteiger partial charge in [0.25, 0.3) is 0 Å². The van der Waals surface area contributed by atoms with Crippen LogP contribution < -0.4 is 0 Å². The van der Waals surface area contributed by atoms with Gasteiger partial charge in [-0.3, -0.25) is 0 Å². The minimum Gasteiger partial charge on any atom is -0.456 e. The molecule has 6 nitrogen and oxygen atoms in total. The molecule has 0 aliphatic heterocycles. The zero-order valence-electron chi connectivity index (χ0n) is 67.3. The maximum absolute atomic E-state index is 7.17. The van der Waals surface area contributed by atoms with Gasteiger partial charge in [-0.1, -0.05) is 261 Å². The van der Waals surface area contributed by atoms with Crippen molar-refractivity contribution in [2.45, 2.75) is 0 Å². The van der Waals surface area contributed by atoms with Crippen LogP contribution in [0.15, 0.2) is 409 Å². The van der Waals surface area contributed by atoms with Crippen molar-refractivity contribution in [3.8, 4) is 146 Å². The van der Waals surface area contributed by atoms with E-state index in [4.69, 9.17) is 28.8 Å². The second-order valence-electron chi connectivity index (χ2n) is 32.6. The van der Waals surface area contributed by atoms with Gasteiger partial charge in [-0.25, -0.2) is 19.9 Å². The van der Waals surface area contributed by atoms with Crippen molar-refractivity contribution >= 4 is 170 Å². The van der Waals surface area contributed by atoms with Crippen molar-refractivity contribution < 1.29 is 8.83 Å². The molecule has 0 saturated heterocycles. The van der Waals surface area contributed by atoms with Gasteiger partial charge in [0.1, 0.15) is 22.3 Å². The van der Waals surface area contributed by atoms with Crippen LogP contribution in [0.4, 0.5) is 0 Å². The van der Waals surface area contributed by atoms with Gasteiger partial charge in [-0.15, -0.1) is 45.3 Å². The summed E-state index contributed by atoms with van der Waals surface area (Å²) in [6.45, 7) is 0. The van der Waals surface area contributed by atoms with E-state index in [0.29, 0.717) is 11.6 Å². The lowest BCUT2D eigenvalue weighted by Gasteiger charge is -2.14. The zero-order valence-corrected chi connectivity index (χ0v) is 70.6. The Morgan fingerprint density at radius 3 is 1.13 bits per heavy atom. The molecule has 8 aromatic heterocycles. The summed E-state index contributed by atoms with van der Waals surface area (Å²) in [5, 5.41) is 14.3. The van der Waals surface area contributed by atoms with Crippen LogP contribution in [0.5, 0.6) is 0 Å². The first-order valence-corrected chi connectivity index (χ1v) is 45.6. The minimum absolute atomic E-state index is 0.652. The molecule has 8 heterocycles. The van der Waals surface area contributed by atoms with Crippen LogP contribution in [0, 0.1) is 0 Å². The Morgan fingerprint density at radius 1 is 0.159 bits per heavy atom. The van der Waals surface area contributed by atoms with Gasteiger partial charge in [-0.05, 0) is 212 Å². The maximum atomic E-state index is 7.17. The molecule has 0 saturated carbocycles. The van der Waals surface area contributed by atoms with Gasteiger partial charge in [-0.2, -0.15) is 0 Å². The number of furan rings is 2. The van der Waals surface area contributed by atoms with Gasteiger partial charge in [0.05, 0.1) is 22.8 Å². The summed E-state index contributed by atoms with van der Waals surface area (Å²) in [7, 11) is 0. The zero-order chi connectivity index (χ0) is 82.6. The van der Waals surface area contributed by atoms with Crippen molar-refractivity contribution in [3.63, 3.8) is 0 Å². The molecular formula is C116H66N4O2S4. The van der Waals surface area contributed by atoms with E-state index in [9.17, 15) is 0 Å². The van der Waals surface area contributed by atoms with Gasteiger partial charge < -0.3 is 8.83 Å². The Balaban J connectivity index is 0.564. The molecule has 0 fully saturated rings. The number of para-hydroxylation sites is 2. The molecule has 0 unspecified atom stereocenters. The number of fused-ring (bicyclic) bond motifs is 18. The van der Waals surface area contributed by atoms with E-state index in [-0.39, 0.29) is 0 Å². The van der Waals surface area contributed by atoms with Crippen LogP contribution in [0.2, 0.25) is 0 Å². The highest BCUT2D eigenvalue weighted by Gasteiger charge is 2.24. The molecule has 0 atom stereocenters. The summed E-state index contributed by atoms with van der Waals surface area (Å²) < 4.78 is 23.5. The average molecular weight is 1680 g/mol. The molecule has 10 heteroatoms. The predicted molar refractivity (Wildman–Crippen MR) is 534 cm³/mol. The Bertz CT molecular complexity index is 8880. The highest BCUT2D eigenvalue weighted by atomic mass is 32.1. The summed E-state index contributed by atoms with van der Waals surface area (Å²) in [4.78, 5) is 21.9. The van der Waals surface area contributed by atoms with Crippen molar-refractivity contribution in [2.24, 2.45) is 0 Å². The molecule has 18 aromatic carbocycles. The maximum Gasteiger partial charge on any atom is 0.160 e. The number of hydrogen-bond acceptors (Lipinski definition) is 10. The molecule has 26 aromatic rings. The van der Waals surface area contributed by atoms with Gasteiger partial charge in [0.15, 0.2) is 11.6 Å². The van der Waals surface area contributed by atoms with E-state index in [1.807, 2.05) is 69.6 Å². The lowest BCUT2D eigenvalue weighted by atomic mass is 9.93. The summed E-state index contributed by atoms with van der Waals surface area (Å²) in [5.74, 6) is 1.31. The van der Waals surface area contributed by atoms with E-state index in [2.05, 4.69) is 376 Å². The fourth-order valence-corrected chi connectivity index (χ4v) is 23.6. The first-order valence-electron chi connectivity index (χ1n) is 42.3. The number of aromatic nitrogens is 4. The Kier molecular flexibility index (Phi) is 16.7. The largest absolute Gasteiger partial charge is 0.456 e. The van der Waals surface area contributed by atoms with Crippen molar-refractivity contribution in [1.82, 2.24) is 19.9 Å². The van der Waals surface area contributed by atoms with Gasteiger partial charge >= 0.3 is 0 Å². The van der Waals surface area contributed by atoms with Crippen LogP contribution in [0.3, 0.4) is 0 Å². The second kappa shape index (κ2) is 29.1. The van der Waals surface area contributed by atoms with Crippen LogP contribution >= 0.6 is 45.3 Å². The molecular weight excluding hydrogens is 1610 g/mol. The first kappa shape index (κ1) is 72.3. The minimum atomic E-state index is 0.652. The van der Waals surface area contributed by atoms with Crippen LogP contribution in [0.1, 0.15) is 0 Å². The summed E-state index contributed by atoms with van der Waals surface area (Å²) in [6.07, 6.45) is 0. The molecule has 0 aliphatic rings. The third-order valence-electron chi connectivity index (χ3n) is 25.1. The molecule has 0 spiro atoms. The van der Waals surface area contributed by atoms with Crippen LogP contribution in [-0.2, 0) is 0 Å². The van der Waals surface area contributed by atoms with E-state index >= 15 is 0 Å². The van der Waals surface area contributed by atoms with Crippen molar-refractivity contribution in [3.05, 3.63) is 400 Å². The van der Waals surface area contributed by atoms with E-state index < -0.39 is 0 Å². The third kappa shape index (κ3) is 12.3. The second-order valence-corrected chi connectivity index (χ2v) is 36.9.